The zero-order valence-corrected chi connectivity index (χ0v) is 8.32. The molecule has 0 unspecified atom stereocenters. The van der Waals surface area contributed by atoms with Crippen LogP contribution in [-0.2, 0) is 5.88 Å². The van der Waals surface area contributed by atoms with Crippen LogP contribution in [0.15, 0.2) is 12.3 Å². The van der Waals surface area contributed by atoms with Crippen molar-refractivity contribution in [3.8, 4) is 0 Å². The van der Waals surface area contributed by atoms with Gasteiger partial charge >= 0.3 is 0 Å². The Kier molecular flexibility index (Phi) is 3.77. The van der Waals surface area contributed by atoms with Crippen LogP contribution >= 0.6 is 23.2 Å². The van der Waals surface area contributed by atoms with Crippen molar-refractivity contribution in [1.29, 1.82) is 0 Å². The van der Waals surface area contributed by atoms with Gasteiger partial charge in [0, 0.05) is 17.3 Å². The Morgan fingerprint density at radius 2 is 2.21 bits per heavy atom. The summed E-state index contributed by atoms with van der Waals surface area (Å²) in [6, 6.07) is 1.17. The van der Waals surface area contributed by atoms with Gasteiger partial charge < -0.3 is 0 Å². The lowest BCUT2D eigenvalue weighted by molar-refractivity contribution is 0.106. The molecule has 0 N–H and O–H groups in total. The highest BCUT2D eigenvalue weighted by molar-refractivity contribution is 6.67. The van der Waals surface area contributed by atoms with Crippen LogP contribution < -0.4 is 0 Å². The fourth-order valence-corrected chi connectivity index (χ4v) is 1.24. The quantitative estimate of drug-likeness (QED) is 0.600. The maximum atomic E-state index is 12.3. The Morgan fingerprint density at radius 1 is 1.57 bits per heavy atom. The number of nitrogens with zero attached hydrogens (tertiary/aromatic N) is 1. The van der Waals surface area contributed by atoms with E-state index in [1.165, 1.54) is 6.07 Å². The van der Waals surface area contributed by atoms with Gasteiger partial charge in [-0.15, -0.1) is 11.6 Å². The van der Waals surface area contributed by atoms with Crippen molar-refractivity contribution in [2.45, 2.75) is 12.3 Å². The topological polar surface area (TPSA) is 30.0 Å². The maximum absolute atomic E-state index is 12.3. The van der Waals surface area contributed by atoms with Crippen molar-refractivity contribution in [2.24, 2.45) is 0 Å². The molecule has 6 heteroatoms. The normalized spacial score (nSPS) is 10.6. The Balaban J connectivity index is 3.24. The van der Waals surface area contributed by atoms with E-state index in [9.17, 15) is 13.6 Å². The first-order valence-corrected chi connectivity index (χ1v) is 4.50. The van der Waals surface area contributed by atoms with E-state index in [2.05, 4.69) is 4.98 Å². The number of pyridine rings is 1. The molecule has 0 saturated carbocycles. The molecule has 1 aromatic rings. The highest BCUT2D eigenvalue weighted by Crippen LogP contribution is 2.24. The van der Waals surface area contributed by atoms with Crippen LogP contribution in [0.25, 0.3) is 0 Å². The largest absolute Gasteiger partial charge is 0.276 e. The first-order valence-electron chi connectivity index (χ1n) is 3.59. The van der Waals surface area contributed by atoms with E-state index in [0.717, 1.165) is 6.20 Å². The molecular formula is C8H5Cl2F2NO. The zero-order valence-electron chi connectivity index (χ0n) is 6.81. The monoisotopic (exact) mass is 239 g/mol. The average Bonchev–Trinajstić information content (AvgIpc) is 2.16. The first-order chi connectivity index (χ1) is 6.56. The van der Waals surface area contributed by atoms with E-state index < -0.39 is 17.2 Å². The Morgan fingerprint density at radius 3 is 2.64 bits per heavy atom. The summed E-state index contributed by atoms with van der Waals surface area (Å²) in [5.74, 6) is 0.0423. The van der Waals surface area contributed by atoms with Crippen molar-refractivity contribution < 1.29 is 13.6 Å². The number of aromatic nitrogens is 1. The number of hydrogen-bond donors (Lipinski definition) is 0. The molecule has 2 nitrogen and oxygen atoms in total. The molecule has 1 rings (SSSR count). The molecule has 0 saturated heterocycles. The summed E-state index contributed by atoms with van der Waals surface area (Å²) < 4.78 is 24.7. The molecule has 14 heavy (non-hydrogen) atoms. The van der Waals surface area contributed by atoms with Gasteiger partial charge in [0.1, 0.15) is 0 Å². The number of carbonyl (C=O) groups excluding carboxylic acids is 1. The smallest absolute Gasteiger partial charge is 0.266 e. The van der Waals surface area contributed by atoms with Crippen molar-refractivity contribution >= 4 is 28.4 Å². The van der Waals surface area contributed by atoms with Gasteiger partial charge in [-0.2, -0.15) is 0 Å². The second-order valence-electron chi connectivity index (χ2n) is 2.47. The van der Waals surface area contributed by atoms with Crippen molar-refractivity contribution in [3.05, 3.63) is 29.1 Å². The molecule has 0 amide bonds. The molecule has 0 aliphatic rings. The summed E-state index contributed by atoms with van der Waals surface area (Å²) in [5.41, 5.74) is -0.383. The zero-order chi connectivity index (χ0) is 10.7. The fraction of sp³-hybridized carbons (Fsp3) is 0.250. The number of carbonyl (C=O) groups is 1. The minimum absolute atomic E-state index is 0.0423. The van der Waals surface area contributed by atoms with Crippen LogP contribution in [0, 0.1) is 0 Å². The van der Waals surface area contributed by atoms with E-state index in [4.69, 9.17) is 23.2 Å². The number of alkyl halides is 3. The summed E-state index contributed by atoms with van der Waals surface area (Å²) in [4.78, 5) is 14.4. The molecule has 0 spiro atoms. The van der Waals surface area contributed by atoms with Gasteiger partial charge in [0.25, 0.3) is 11.7 Å². The summed E-state index contributed by atoms with van der Waals surface area (Å²) in [6.07, 6.45) is -1.86. The first kappa shape index (κ1) is 11.3. The van der Waals surface area contributed by atoms with Crippen LogP contribution in [0.3, 0.4) is 0 Å². The standard InChI is InChI=1S/C8H5Cl2F2NO/c9-2-4-1-5(7(10)14)6(3-13-4)8(11)12/h1,3,8H,2H2. The lowest BCUT2D eigenvalue weighted by Crippen LogP contribution is -2.01. The van der Waals surface area contributed by atoms with Gasteiger partial charge in [0.05, 0.1) is 11.6 Å². The van der Waals surface area contributed by atoms with Crippen LogP contribution in [-0.4, -0.2) is 10.2 Å². The van der Waals surface area contributed by atoms with E-state index >= 15 is 0 Å². The number of hydrogen-bond acceptors (Lipinski definition) is 2. The van der Waals surface area contributed by atoms with E-state index in [1.54, 1.807) is 0 Å². The predicted molar refractivity (Wildman–Crippen MR) is 48.9 cm³/mol. The molecule has 0 aliphatic heterocycles. The lowest BCUT2D eigenvalue weighted by Gasteiger charge is -2.05. The molecule has 0 atom stereocenters. The summed E-state index contributed by atoms with van der Waals surface area (Å²) >= 11 is 10.6. The van der Waals surface area contributed by atoms with Crippen LogP contribution in [0.5, 0.6) is 0 Å². The Bertz CT molecular complexity index is 357. The molecule has 0 aliphatic carbocycles. The molecular weight excluding hydrogens is 235 g/mol. The second kappa shape index (κ2) is 4.66. The van der Waals surface area contributed by atoms with Gasteiger partial charge in [-0.05, 0) is 17.7 Å². The summed E-state index contributed by atoms with van der Waals surface area (Å²) in [7, 11) is 0. The third kappa shape index (κ3) is 2.39. The summed E-state index contributed by atoms with van der Waals surface area (Å²) in [5, 5.41) is -0.936. The van der Waals surface area contributed by atoms with Crippen LogP contribution in [0.4, 0.5) is 8.78 Å². The van der Waals surface area contributed by atoms with E-state index in [1.807, 2.05) is 0 Å². The van der Waals surface area contributed by atoms with Gasteiger partial charge in [-0.3, -0.25) is 9.78 Å². The highest BCUT2D eigenvalue weighted by Gasteiger charge is 2.18. The average molecular weight is 240 g/mol. The molecule has 1 aromatic heterocycles. The molecule has 0 aromatic carbocycles. The van der Waals surface area contributed by atoms with Gasteiger partial charge in [0.2, 0.25) is 0 Å². The van der Waals surface area contributed by atoms with Gasteiger partial charge in [-0.1, -0.05) is 0 Å². The van der Waals surface area contributed by atoms with Crippen molar-refractivity contribution in [2.75, 3.05) is 0 Å². The maximum Gasteiger partial charge on any atom is 0.266 e. The van der Waals surface area contributed by atoms with E-state index in [-0.39, 0.29) is 11.4 Å². The van der Waals surface area contributed by atoms with Crippen molar-refractivity contribution in [1.82, 2.24) is 4.98 Å². The SMILES string of the molecule is O=C(Cl)c1cc(CCl)ncc1C(F)F. The van der Waals surface area contributed by atoms with E-state index in [0.29, 0.717) is 5.69 Å². The molecule has 0 radical (unpaired) electrons. The fourth-order valence-electron chi connectivity index (χ4n) is 0.926. The minimum Gasteiger partial charge on any atom is -0.276 e. The van der Waals surface area contributed by atoms with Crippen LogP contribution in [0.1, 0.15) is 28.0 Å². The molecule has 1 heterocycles. The molecule has 0 bridgehead atoms. The lowest BCUT2D eigenvalue weighted by atomic mass is 10.1. The third-order valence-electron chi connectivity index (χ3n) is 1.58. The summed E-state index contributed by atoms with van der Waals surface area (Å²) in [6.45, 7) is 0. The number of halogens is 4. The van der Waals surface area contributed by atoms with Crippen LogP contribution in [0.2, 0.25) is 0 Å². The Hall–Kier alpha value is -0.740. The van der Waals surface area contributed by atoms with Gasteiger partial charge in [0.15, 0.2) is 0 Å². The minimum atomic E-state index is -2.77. The molecule has 76 valence electrons. The highest BCUT2D eigenvalue weighted by atomic mass is 35.5. The number of rotatable bonds is 3. The van der Waals surface area contributed by atoms with Crippen molar-refractivity contribution in [3.63, 3.8) is 0 Å². The second-order valence-corrected chi connectivity index (χ2v) is 3.08. The predicted octanol–water partition coefficient (Wildman–Crippen LogP) is 3.14. The third-order valence-corrected chi connectivity index (χ3v) is 2.05. The molecule has 0 fully saturated rings. The van der Waals surface area contributed by atoms with Gasteiger partial charge in [-0.25, -0.2) is 8.78 Å². The Labute approximate surface area is 88.8 Å².